The Bertz CT molecular complexity index is 130. The van der Waals surface area contributed by atoms with Gasteiger partial charge in [0.2, 0.25) is 12.1 Å². The minimum atomic E-state index is -0.792. The molecule has 0 aliphatic heterocycles. The Morgan fingerprint density at radius 3 is 1.79 bits per heavy atom. The second-order valence-electron chi connectivity index (χ2n) is 3.13. The van der Waals surface area contributed by atoms with Crippen LogP contribution in [0.4, 0.5) is 0 Å². The maximum Gasteiger partial charge on any atom is 0.220 e. The van der Waals surface area contributed by atoms with Gasteiger partial charge in [-0.3, -0.25) is 0 Å². The van der Waals surface area contributed by atoms with Crippen LogP contribution in [-0.2, 0) is 18.9 Å². The van der Waals surface area contributed by atoms with E-state index in [9.17, 15) is 0 Å². The molecular formula is C10H22O4. The molecule has 0 radical (unpaired) electrons. The van der Waals surface area contributed by atoms with Gasteiger partial charge >= 0.3 is 0 Å². The normalized spacial score (nSPS) is 12.4. The molecule has 0 aromatic heterocycles. The van der Waals surface area contributed by atoms with Gasteiger partial charge < -0.3 is 18.9 Å². The van der Waals surface area contributed by atoms with Crippen molar-refractivity contribution in [2.45, 2.75) is 38.3 Å². The number of methoxy groups -OCH3 is 4. The predicted molar refractivity (Wildman–Crippen MR) is 54.1 cm³/mol. The third-order valence-corrected chi connectivity index (χ3v) is 2.36. The lowest BCUT2D eigenvalue weighted by molar-refractivity contribution is -0.329. The molecule has 0 aromatic carbocycles. The Morgan fingerprint density at radius 2 is 1.50 bits per heavy atom. The van der Waals surface area contributed by atoms with Gasteiger partial charge in [0.05, 0.1) is 0 Å². The van der Waals surface area contributed by atoms with Crippen LogP contribution in [0.3, 0.4) is 0 Å². The van der Waals surface area contributed by atoms with E-state index in [0.717, 1.165) is 19.3 Å². The largest absolute Gasteiger partial charge is 0.351 e. The smallest absolute Gasteiger partial charge is 0.220 e. The zero-order valence-electron chi connectivity index (χ0n) is 9.83. The first-order valence-electron chi connectivity index (χ1n) is 4.86. The van der Waals surface area contributed by atoms with Crippen LogP contribution in [0.25, 0.3) is 0 Å². The van der Waals surface area contributed by atoms with Gasteiger partial charge in [-0.2, -0.15) is 0 Å². The fraction of sp³-hybridized carbons (Fsp3) is 1.00. The van der Waals surface area contributed by atoms with E-state index in [1.54, 1.807) is 28.4 Å². The molecule has 0 aromatic rings. The molecule has 14 heavy (non-hydrogen) atoms. The van der Waals surface area contributed by atoms with Gasteiger partial charge in [-0.15, -0.1) is 0 Å². The van der Waals surface area contributed by atoms with Crippen LogP contribution in [0.2, 0.25) is 0 Å². The molecule has 86 valence electrons. The van der Waals surface area contributed by atoms with Gasteiger partial charge in [0, 0.05) is 34.9 Å². The Kier molecular flexibility index (Phi) is 7.09. The highest BCUT2D eigenvalue weighted by Gasteiger charge is 2.39. The maximum absolute atomic E-state index is 5.36. The van der Waals surface area contributed by atoms with Crippen LogP contribution in [0.1, 0.15) is 26.2 Å². The van der Waals surface area contributed by atoms with Crippen molar-refractivity contribution in [3.05, 3.63) is 0 Å². The minimum absolute atomic E-state index is 0.496. The predicted octanol–water partition coefficient (Wildman–Crippen LogP) is 1.78. The number of hydrogen-bond acceptors (Lipinski definition) is 4. The summed E-state index contributed by atoms with van der Waals surface area (Å²) in [6, 6.07) is 0. The molecule has 0 atom stereocenters. The van der Waals surface area contributed by atoms with Gasteiger partial charge in [-0.1, -0.05) is 13.3 Å². The summed E-state index contributed by atoms with van der Waals surface area (Å²) in [5.74, 6) is -0.792. The first-order chi connectivity index (χ1) is 6.70. The van der Waals surface area contributed by atoms with E-state index < -0.39 is 12.1 Å². The van der Waals surface area contributed by atoms with Crippen LogP contribution in [0.15, 0.2) is 0 Å². The summed E-state index contributed by atoms with van der Waals surface area (Å²) in [5.41, 5.74) is 0. The van der Waals surface area contributed by atoms with Gasteiger partial charge in [0.25, 0.3) is 0 Å². The Labute approximate surface area is 86.5 Å². The van der Waals surface area contributed by atoms with Crippen LogP contribution in [-0.4, -0.2) is 40.5 Å². The van der Waals surface area contributed by atoms with Crippen molar-refractivity contribution in [2.75, 3.05) is 28.4 Å². The molecule has 0 unspecified atom stereocenters. The zero-order chi connectivity index (χ0) is 11.0. The van der Waals surface area contributed by atoms with Gasteiger partial charge in [0.15, 0.2) is 0 Å². The summed E-state index contributed by atoms with van der Waals surface area (Å²) in [7, 11) is 6.36. The molecule has 0 fully saturated rings. The second-order valence-corrected chi connectivity index (χ2v) is 3.13. The first kappa shape index (κ1) is 13.8. The summed E-state index contributed by atoms with van der Waals surface area (Å²) in [6.07, 6.45) is 2.34. The summed E-state index contributed by atoms with van der Waals surface area (Å²) in [5, 5.41) is 0. The molecule has 0 spiro atoms. The average molecular weight is 206 g/mol. The standard InChI is InChI=1S/C10H22O4/c1-6-7-8-10(13-4,14-5)9(11-2)12-3/h9H,6-8H2,1-5H3. The molecule has 0 aliphatic rings. The molecule has 4 nitrogen and oxygen atoms in total. The van der Waals surface area contributed by atoms with Crippen molar-refractivity contribution in [3.8, 4) is 0 Å². The molecule has 0 saturated carbocycles. The molecule has 4 heteroatoms. The fourth-order valence-corrected chi connectivity index (χ4v) is 1.48. The van der Waals surface area contributed by atoms with Crippen molar-refractivity contribution < 1.29 is 18.9 Å². The van der Waals surface area contributed by atoms with E-state index in [-0.39, 0.29) is 0 Å². The summed E-state index contributed by atoms with van der Waals surface area (Å²) in [4.78, 5) is 0. The Balaban J connectivity index is 4.47. The summed E-state index contributed by atoms with van der Waals surface area (Å²) in [6.45, 7) is 2.12. The first-order valence-corrected chi connectivity index (χ1v) is 4.86. The van der Waals surface area contributed by atoms with Crippen molar-refractivity contribution in [2.24, 2.45) is 0 Å². The number of unbranched alkanes of at least 4 members (excludes halogenated alkanes) is 1. The molecule has 0 aliphatic carbocycles. The van der Waals surface area contributed by atoms with Crippen molar-refractivity contribution in [1.29, 1.82) is 0 Å². The molecule has 0 bridgehead atoms. The van der Waals surface area contributed by atoms with Crippen LogP contribution >= 0.6 is 0 Å². The van der Waals surface area contributed by atoms with E-state index in [0.29, 0.717) is 0 Å². The van der Waals surface area contributed by atoms with E-state index in [4.69, 9.17) is 18.9 Å². The van der Waals surface area contributed by atoms with Crippen molar-refractivity contribution >= 4 is 0 Å². The van der Waals surface area contributed by atoms with E-state index in [2.05, 4.69) is 6.92 Å². The van der Waals surface area contributed by atoms with Crippen LogP contribution < -0.4 is 0 Å². The molecule has 0 heterocycles. The number of rotatable bonds is 8. The van der Waals surface area contributed by atoms with Gasteiger partial charge in [-0.05, 0) is 6.42 Å². The lowest BCUT2D eigenvalue weighted by atomic mass is 10.1. The quantitative estimate of drug-likeness (QED) is 0.567. The second kappa shape index (κ2) is 7.17. The van der Waals surface area contributed by atoms with Gasteiger partial charge in [-0.25, -0.2) is 0 Å². The van der Waals surface area contributed by atoms with E-state index in [1.807, 2.05) is 0 Å². The van der Waals surface area contributed by atoms with E-state index in [1.165, 1.54) is 0 Å². The third kappa shape index (κ3) is 3.20. The number of ether oxygens (including phenoxy) is 4. The van der Waals surface area contributed by atoms with Crippen LogP contribution in [0, 0.1) is 0 Å². The highest BCUT2D eigenvalue weighted by molar-refractivity contribution is 4.73. The van der Waals surface area contributed by atoms with Crippen molar-refractivity contribution in [3.63, 3.8) is 0 Å². The van der Waals surface area contributed by atoms with Crippen LogP contribution in [0.5, 0.6) is 0 Å². The lowest BCUT2D eigenvalue weighted by Crippen LogP contribution is -2.48. The topological polar surface area (TPSA) is 36.9 Å². The highest BCUT2D eigenvalue weighted by Crippen LogP contribution is 2.26. The SMILES string of the molecule is CCCCC(OC)(OC)C(OC)OC. The zero-order valence-corrected chi connectivity index (χ0v) is 9.83. The molecule has 0 rings (SSSR count). The molecule has 0 amide bonds. The van der Waals surface area contributed by atoms with Gasteiger partial charge in [0.1, 0.15) is 0 Å². The third-order valence-electron chi connectivity index (χ3n) is 2.36. The maximum atomic E-state index is 5.36. The summed E-state index contributed by atoms with van der Waals surface area (Å²) >= 11 is 0. The molecular weight excluding hydrogens is 184 g/mol. The monoisotopic (exact) mass is 206 g/mol. The average Bonchev–Trinajstić information content (AvgIpc) is 2.24. The van der Waals surface area contributed by atoms with E-state index >= 15 is 0 Å². The van der Waals surface area contributed by atoms with Crippen molar-refractivity contribution in [1.82, 2.24) is 0 Å². The molecule has 0 N–H and O–H groups in total. The Morgan fingerprint density at radius 1 is 1.00 bits per heavy atom. The molecule has 0 saturated heterocycles. The minimum Gasteiger partial charge on any atom is -0.351 e. The lowest BCUT2D eigenvalue weighted by Gasteiger charge is -2.36. The summed E-state index contributed by atoms with van der Waals surface area (Å²) < 4.78 is 21.1. The Hall–Kier alpha value is -0.160. The highest BCUT2D eigenvalue weighted by atomic mass is 16.8. The number of hydrogen-bond donors (Lipinski definition) is 0. The fourth-order valence-electron chi connectivity index (χ4n) is 1.48.